The van der Waals surface area contributed by atoms with Gasteiger partial charge in [0.2, 0.25) is 6.41 Å². The first-order valence-electron chi connectivity index (χ1n) is 5.41. The maximum atomic E-state index is 12.1. The molecular formula is C12H14N2O2. The third-order valence-electron chi connectivity index (χ3n) is 2.77. The molecule has 1 heterocycles. The van der Waals surface area contributed by atoms with Crippen LogP contribution in [0, 0.1) is 0 Å². The molecule has 0 saturated carbocycles. The van der Waals surface area contributed by atoms with Crippen LogP contribution >= 0.6 is 0 Å². The van der Waals surface area contributed by atoms with Crippen LogP contribution in [0.4, 0.5) is 5.69 Å². The molecule has 0 unspecified atom stereocenters. The van der Waals surface area contributed by atoms with Gasteiger partial charge in [0.15, 0.2) is 0 Å². The molecule has 0 aliphatic carbocycles. The molecule has 84 valence electrons. The largest absolute Gasteiger partial charge is 0.339 e. The molecule has 2 rings (SSSR count). The van der Waals surface area contributed by atoms with Crippen molar-refractivity contribution in [2.75, 3.05) is 18.4 Å². The van der Waals surface area contributed by atoms with Gasteiger partial charge in [-0.1, -0.05) is 12.1 Å². The highest BCUT2D eigenvalue weighted by atomic mass is 16.2. The van der Waals surface area contributed by atoms with E-state index in [1.54, 1.807) is 24.3 Å². The van der Waals surface area contributed by atoms with Gasteiger partial charge in [-0.3, -0.25) is 9.59 Å². The van der Waals surface area contributed by atoms with Crippen LogP contribution in [0.2, 0.25) is 0 Å². The topological polar surface area (TPSA) is 49.4 Å². The Bertz CT molecular complexity index is 398. The van der Waals surface area contributed by atoms with E-state index in [2.05, 4.69) is 5.32 Å². The minimum Gasteiger partial charge on any atom is -0.339 e. The molecule has 0 spiro atoms. The molecule has 4 heteroatoms. The van der Waals surface area contributed by atoms with E-state index >= 15 is 0 Å². The summed E-state index contributed by atoms with van der Waals surface area (Å²) >= 11 is 0. The number of amides is 2. The Morgan fingerprint density at radius 3 is 2.62 bits per heavy atom. The third kappa shape index (κ3) is 2.05. The van der Waals surface area contributed by atoms with Gasteiger partial charge in [0, 0.05) is 13.1 Å². The Balaban J connectivity index is 2.24. The predicted octanol–water partition coefficient (Wildman–Crippen LogP) is 1.49. The average molecular weight is 218 g/mol. The van der Waals surface area contributed by atoms with E-state index in [1.165, 1.54) is 0 Å². The fourth-order valence-corrected chi connectivity index (χ4v) is 1.95. The number of hydrogen-bond acceptors (Lipinski definition) is 2. The number of likely N-dealkylation sites (tertiary alicyclic amines) is 1. The van der Waals surface area contributed by atoms with Crippen molar-refractivity contribution in [3.05, 3.63) is 29.8 Å². The summed E-state index contributed by atoms with van der Waals surface area (Å²) in [7, 11) is 0. The van der Waals surface area contributed by atoms with Crippen molar-refractivity contribution in [1.29, 1.82) is 0 Å². The quantitative estimate of drug-likeness (QED) is 0.781. The Morgan fingerprint density at radius 2 is 1.94 bits per heavy atom. The molecular weight excluding hydrogens is 204 g/mol. The lowest BCUT2D eigenvalue weighted by atomic mass is 10.1. The van der Waals surface area contributed by atoms with Crippen LogP contribution in [0.25, 0.3) is 0 Å². The first kappa shape index (κ1) is 10.7. The van der Waals surface area contributed by atoms with E-state index in [0.29, 0.717) is 17.7 Å². The van der Waals surface area contributed by atoms with Gasteiger partial charge in [0.1, 0.15) is 0 Å². The lowest BCUT2D eigenvalue weighted by Gasteiger charge is -2.17. The van der Waals surface area contributed by atoms with Gasteiger partial charge in [-0.15, -0.1) is 0 Å². The molecule has 16 heavy (non-hydrogen) atoms. The van der Waals surface area contributed by atoms with Gasteiger partial charge in [-0.05, 0) is 25.0 Å². The Hall–Kier alpha value is -1.84. The zero-order valence-electron chi connectivity index (χ0n) is 8.98. The van der Waals surface area contributed by atoms with Crippen LogP contribution in [0.1, 0.15) is 23.2 Å². The summed E-state index contributed by atoms with van der Waals surface area (Å²) < 4.78 is 0. The highest BCUT2D eigenvalue weighted by molar-refractivity contribution is 6.01. The number of carbonyl (C=O) groups is 2. The highest BCUT2D eigenvalue weighted by Gasteiger charge is 2.21. The highest BCUT2D eigenvalue weighted by Crippen LogP contribution is 2.19. The van der Waals surface area contributed by atoms with E-state index in [9.17, 15) is 9.59 Å². The first-order valence-corrected chi connectivity index (χ1v) is 5.41. The number of anilines is 1. The van der Waals surface area contributed by atoms with Gasteiger partial charge >= 0.3 is 0 Å². The number of nitrogens with zero attached hydrogens (tertiary/aromatic N) is 1. The second kappa shape index (κ2) is 4.79. The molecule has 2 amide bonds. The molecule has 1 aromatic rings. The van der Waals surface area contributed by atoms with Crippen molar-refractivity contribution in [1.82, 2.24) is 4.90 Å². The summed E-state index contributed by atoms with van der Waals surface area (Å²) in [5.74, 6) is 0.00227. The van der Waals surface area contributed by atoms with Crippen LogP contribution < -0.4 is 5.32 Å². The van der Waals surface area contributed by atoms with Crippen LogP contribution in [0.5, 0.6) is 0 Å². The smallest absolute Gasteiger partial charge is 0.255 e. The number of nitrogens with one attached hydrogen (secondary N) is 1. The standard InChI is InChI=1S/C12H14N2O2/c15-9-13-11-6-2-1-5-10(11)12(16)14-7-3-4-8-14/h1-2,5-6,9H,3-4,7-8H2,(H,13,15). The molecule has 1 fully saturated rings. The summed E-state index contributed by atoms with van der Waals surface area (Å²) in [6.07, 6.45) is 2.72. The maximum absolute atomic E-state index is 12.1. The van der Waals surface area contributed by atoms with Gasteiger partial charge in [0.05, 0.1) is 11.3 Å². The van der Waals surface area contributed by atoms with Crippen LogP contribution in [-0.4, -0.2) is 30.3 Å². The fraction of sp³-hybridized carbons (Fsp3) is 0.333. The number of hydrogen-bond donors (Lipinski definition) is 1. The SMILES string of the molecule is O=CNc1ccccc1C(=O)N1CCCC1. The maximum Gasteiger partial charge on any atom is 0.255 e. The minimum absolute atomic E-state index is 0.00227. The molecule has 0 atom stereocenters. The molecule has 1 saturated heterocycles. The molecule has 1 aliphatic rings. The van der Waals surface area contributed by atoms with Gasteiger partial charge in [-0.2, -0.15) is 0 Å². The molecule has 0 radical (unpaired) electrons. The Kier molecular flexibility index (Phi) is 3.19. The van der Waals surface area contributed by atoms with Crippen molar-refractivity contribution >= 4 is 18.0 Å². The second-order valence-corrected chi connectivity index (χ2v) is 3.81. The third-order valence-corrected chi connectivity index (χ3v) is 2.77. The van der Waals surface area contributed by atoms with Gasteiger partial charge < -0.3 is 10.2 Å². The summed E-state index contributed by atoms with van der Waals surface area (Å²) in [5.41, 5.74) is 1.14. The lowest BCUT2D eigenvalue weighted by Crippen LogP contribution is -2.28. The van der Waals surface area contributed by atoms with Gasteiger partial charge in [-0.25, -0.2) is 0 Å². The van der Waals surface area contributed by atoms with Crippen LogP contribution in [-0.2, 0) is 4.79 Å². The normalized spacial score (nSPS) is 14.9. The number of carbonyl (C=O) groups excluding carboxylic acids is 2. The van der Waals surface area contributed by atoms with E-state index < -0.39 is 0 Å². The number of benzene rings is 1. The van der Waals surface area contributed by atoms with Crippen LogP contribution in [0.3, 0.4) is 0 Å². The van der Waals surface area contributed by atoms with Crippen molar-refractivity contribution in [2.24, 2.45) is 0 Å². The average Bonchev–Trinajstić information content (AvgIpc) is 2.83. The van der Waals surface area contributed by atoms with Crippen molar-refractivity contribution in [2.45, 2.75) is 12.8 Å². The summed E-state index contributed by atoms with van der Waals surface area (Å²) in [4.78, 5) is 24.4. The lowest BCUT2D eigenvalue weighted by molar-refractivity contribution is -0.105. The number of rotatable bonds is 3. The van der Waals surface area contributed by atoms with E-state index in [0.717, 1.165) is 25.9 Å². The molecule has 0 bridgehead atoms. The summed E-state index contributed by atoms with van der Waals surface area (Å²) in [6.45, 7) is 1.63. The Morgan fingerprint density at radius 1 is 1.25 bits per heavy atom. The van der Waals surface area contributed by atoms with Crippen molar-refractivity contribution < 1.29 is 9.59 Å². The van der Waals surface area contributed by atoms with Crippen LogP contribution in [0.15, 0.2) is 24.3 Å². The molecule has 4 nitrogen and oxygen atoms in total. The molecule has 1 aliphatic heterocycles. The summed E-state index contributed by atoms with van der Waals surface area (Å²) in [5, 5.41) is 2.55. The second-order valence-electron chi connectivity index (χ2n) is 3.81. The van der Waals surface area contributed by atoms with Crippen molar-refractivity contribution in [3.8, 4) is 0 Å². The van der Waals surface area contributed by atoms with Crippen molar-refractivity contribution in [3.63, 3.8) is 0 Å². The van der Waals surface area contributed by atoms with E-state index in [1.807, 2.05) is 4.90 Å². The monoisotopic (exact) mass is 218 g/mol. The predicted molar refractivity (Wildman–Crippen MR) is 61.3 cm³/mol. The molecule has 1 aromatic carbocycles. The Labute approximate surface area is 94.2 Å². The minimum atomic E-state index is 0.00227. The number of para-hydroxylation sites is 1. The summed E-state index contributed by atoms with van der Waals surface area (Å²) in [6, 6.07) is 7.08. The molecule has 0 aromatic heterocycles. The fourth-order valence-electron chi connectivity index (χ4n) is 1.95. The van der Waals surface area contributed by atoms with E-state index in [4.69, 9.17) is 0 Å². The molecule has 1 N–H and O–H groups in total. The van der Waals surface area contributed by atoms with E-state index in [-0.39, 0.29) is 5.91 Å². The zero-order valence-corrected chi connectivity index (χ0v) is 8.98. The zero-order chi connectivity index (χ0) is 11.4. The first-order chi connectivity index (χ1) is 7.83. The van der Waals surface area contributed by atoms with Gasteiger partial charge in [0.25, 0.3) is 5.91 Å².